The van der Waals surface area contributed by atoms with Gasteiger partial charge in [0.1, 0.15) is 5.82 Å². The average molecular weight is 250 g/mol. The number of esters is 1. The van der Waals surface area contributed by atoms with Gasteiger partial charge in [-0.2, -0.15) is 0 Å². The van der Waals surface area contributed by atoms with Crippen LogP contribution in [0.25, 0.3) is 0 Å². The molecule has 0 saturated heterocycles. The second kappa shape index (κ2) is 7.64. The third-order valence-corrected chi connectivity index (χ3v) is 2.78. The fourth-order valence-corrected chi connectivity index (χ4v) is 1.83. The minimum absolute atomic E-state index is 0.153. The molecule has 1 aromatic rings. The second-order valence-electron chi connectivity index (χ2n) is 4.09. The average Bonchev–Trinajstić information content (AvgIpc) is 2.36. The van der Waals surface area contributed by atoms with E-state index in [-0.39, 0.29) is 17.7 Å². The van der Waals surface area contributed by atoms with E-state index in [4.69, 9.17) is 4.74 Å². The van der Waals surface area contributed by atoms with Crippen molar-refractivity contribution in [3.63, 3.8) is 0 Å². The molecule has 0 aliphatic heterocycles. The molecule has 98 valence electrons. The first-order valence-corrected chi connectivity index (χ1v) is 6.21. The van der Waals surface area contributed by atoms with Gasteiger partial charge in [0.05, 0.1) is 6.61 Å². The van der Waals surface area contributed by atoms with Gasteiger partial charge in [-0.25, -0.2) is 4.39 Å². The van der Waals surface area contributed by atoms with Gasteiger partial charge in [0, 0.05) is 12.3 Å². The van der Waals surface area contributed by atoms with Crippen LogP contribution in [0.4, 0.5) is 4.39 Å². The lowest BCUT2D eigenvalue weighted by molar-refractivity contribution is -0.143. The van der Waals surface area contributed by atoms with E-state index in [2.05, 4.69) is 6.58 Å². The number of ether oxygens (including phenoxy) is 1. The van der Waals surface area contributed by atoms with Crippen molar-refractivity contribution in [1.29, 1.82) is 0 Å². The van der Waals surface area contributed by atoms with Gasteiger partial charge in [0.15, 0.2) is 0 Å². The lowest BCUT2D eigenvalue weighted by Crippen LogP contribution is -2.04. The molecule has 0 aromatic heterocycles. The predicted molar refractivity (Wildman–Crippen MR) is 69.8 cm³/mol. The summed E-state index contributed by atoms with van der Waals surface area (Å²) < 4.78 is 17.7. The molecule has 18 heavy (non-hydrogen) atoms. The van der Waals surface area contributed by atoms with Crippen LogP contribution in [0.5, 0.6) is 0 Å². The maximum absolute atomic E-state index is 12.8. The molecule has 0 radical (unpaired) electrons. The Morgan fingerprint density at radius 1 is 1.44 bits per heavy atom. The number of hydrogen-bond acceptors (Lipinski definition) is 2. The molecule has 0 spiro atoms. The fourth-order valence-electron chi connectivity index (χ4n) is 1.83. The number of carbonyl (C=O) groups excluding carboxylic acids is 1. The first-order valence-electron chi connectivity index (χ1n) is 6.21. The molecule has 0 unspecified atom stereocenters. The van der Waals surface area contributed by atoms with Gasteiger partial charge in [-0.05, 0) is 37.5 Å². The summed E-state index contributed by atoms with van der Waals surface area (Å²) >= 11 is 0. The third-order valence-electron chi connectivity index (χ3n) is 2.78. The number of halogens is 1. The molecule has 1 atom stereocenters. The molecule has 2 nitrogen and oxygen atoms in total. The predicted octanol–water partition coefficient (Wildman–Crippen LogP) is 3.83. The molecule has 0 heterocycles. The smallest absolute Gasteiger partial charge is 0.305 e. The number of allylic oxidation sites excluding steroid dienone is 1. The summed E-state index contributed by atoms with van der Waals surface area (Å²) in [6, 6.07) is 6.40. The van der Waals surface area contributed by atoms with Crippen LogP contribution in [0.2, 0.25) is 0 Å². The van der Waals surface area contributed by atoms with Crippen molar-refractivity contribution in [3.8, 4) is 0 Å². The van der Waals surface area contributed by atoms with Crippen LogP contribution >= 0.6 is 0 Å². The van der Waals surface area contributed by atoms with Gasteiger partial charge < -0.3 is 4.74 Å². The van der Waals surface area contributed by atoms with Crippen LogP contribution in [-0.4, -0.2) is 12.6 Å². The summed E-state index contributed by atoms with van der Waals surface area (Å²) in [5, 5.41) is 0. The quantitative estimate of drug-likeness (QED) is 0.543. The van der Waals surface area contributed by atoms with Crippen LogP contribution in [0, 0.1) is 5.82 Å². The van der Waals surface area contributed by atoms with Crippen molar-refractivity contribution in [2.45, 2.75) is 32.1 Å². The van der Waals surface area contributed by atoms with Gasteiger partial charge in [0.25, 0.3) is 0 Å². The summed E-state index contributed by atoms with van der Waals surface area (Å²) in [6.45, 7) is 6.00. The third kappa shape index (κ3) is 4.70. The van der Waals surface area contributed by atoms with Crippen LogP contribution in [0.1, 0.15) is 37.7 Å². The molecule has 0 bridgehead atoms. The van der Waals surface area contributed by atoms with Crippen molar-refractivity contribution in [3.05, 3.63) is 48.3 Å². The molecule has 0 aliphatic rings. The van der Waals surface area contributed by atoms with Crippen molar-refractivity contribution < 1.29 is 13.9 Å². The maximum Gasteiger partial charge on any atom is 0.305 e. The standard InChI is InChI=1S/C15H19FO2/c1-3-12(6-5-7-15(17)18-4-2)13-8-10-14(16)11-9-13/h3,8-12H,1,4-7H2,2H3/t12-/m1/s1. The normalized spacial score (nSPS) is 11.9. The Morgan fingerprint density at radius 2 is 2.11 bits per heavy atom. The first kappa shape index (κ1) is 14.4. The summed E-state index contributed by atoms with van der Waals surface area (Å²) in [6.07, 6.45) is 3.80. The molecule has 0 amide bonds. The molecule has 0 fully saturated rings. The Labute approximate surface area is 107 Å². The van der Waals surface area contributed by atoms with E-state index in [1.54, 1.807) is 19.1 Å². The molecule has 3 heteroatoms. The van der Waals surface area contributed by atoms with E-state index in [1.165, 1.54) is 12.1 Å². The van der Waals surface area contributed by atoms with Crippen LogP contribution in [-0.2, 0) is 9.53 Å². The first-order chi connectivity index (χ1) is 8.67. The maximum atomic E-state index is 12.8. The van der Waals surface area contributed by atoms with Crippen molar-refractivity contribution in [2.24, 2.45) is 0 Å². The summed E-state index contributed by atoms with van der Waals surface area (Å²) in [5.41, 5.74) is 1.02. The Bertz CT molecular complexity index is 384. The van der Waals surface area contributed by atoms with Gasteiger partial charge in [-0.15, -0.1) is 6.58 Å². The van der Waals surface area contributed by atoms with Crippen LogP contribution in [0.3, 0.4) is 0 Å². The fraction of sp³-hybridized carbons (Fsp3) is 0.400. The van der Waals surface area contributed by atoms with Crippen LogP contribution < -0.4 is 0 Å². The van der Waals surface area contributed by atoms with Crippen molar-refractivity contribution in [2.75, 3.05) is 6.61 Å². The number of hydrogen-bond donors (Lipinski definition) is 0. The zero-order chi connectivity index (χ0) is 13.4. The molecular formula is C15H19FO2. The highest BCUT2D eigenvalue weighted by Gasteiger charge is 2.09. The Hall–Kier alpha value is -1.64. The SMILES string of the molecule is C=C[C@H](CCCC(=O)OCC)c1ccc(F)cc1. The topological polar surface area (TPSA) is 26.3 Å². The zero-order valence-electron chi connectivity index (χ0n) is 10.7. The highest BCUT2D eigenvalue weighted by atomic mass is 19.1. The second-order valence-corrected chi connectivity index (χ2v) is 4.09. The molecule has 1 rings (SSSR count). The number of carbonyl (C=O) groups is 1. The van der Waals surface area contributed by atoms with E-state index >= 15 is 0 Å². The number of benzene rings is 1. The van der Waals surface area contributed by atoms with Crippen molar-refractivity contribution >= 4 is 5.97 Å². The van der Waals surface area contributed by atoms with E-state index in [0.717, 1.165) is 18.4 Å². The molecule has 0 saturated carbocycles. The lowest BCUT2D eigenvalue weighted by atomic mass is 9.94. The minimum atomic E-state index is -0.243. The monoisotopic (exact) mass is 250 g/mol. The largest absolute Gasteiger partial charge is 0.466 e. The van der Waals surface area contributed by atoms with Crippen molar-refractivity contribution in [1.82, 2.24) is 0 Å². The van der Waals surface area contributed by atoms with E-state index < -0.39 is 0 Å². The van der Waals surface area contributed by atoms with E-state index in [9.17, 15) is 9.18 Å². The zero-order valence-corrected chi connectivity index (χ0v) is 10.7. The van der Waals surface area contributed by atoms with Gasteiger partial charge in [0.2, 0.25) is 0 Å². The lowest BCUT2D eigenvalue weighted by Gasteiger charge is -2.12. The van der Waals surface area contributed by atoms with E-state index in [0.29, 0.717) is 13.0 Å². The van der Waals surface area contributed by atoms with Gasteiger partial charge in [-0.1, -0.05) is 18.2 Å². The molecule has 0 N–H and O–H groups in total. The Kier molecular flexibility index (Phi) is 6.12. The molecule has 0 aliphatic carbocycles. The highest BCUT2D eigenvalue weighted by molar-refractivity contribution is 5.69. The molecule has 1 aromatic carbocycles. The highest BCUT2D eigenvalue weighted by Crippen LogP contribution is 2.23. The van der Waals surface area contributed by atoms with Gasteiger partial charge >= 0.3 is 5.97 Å². The summed E-state index contributed by atoms with van der Waals surface area (Å²) in [4.78, 5) is 11.2. The minimum Gasteiger partial charge on any atom is -0.466 e. The Balaban J connectivity index is 2.45. The summed E-state index contributed by atoms with van der Waals surface area (Å²) in [7, 11) is 0. The van der Waals surface area contributed by atoms with Gasteiger partial charge in [-0.3, -0.25) is 4.79 Å². The van der Waals surface area contributed by atoms with Crippen LogP contribution in [0.15, 0.2) is 36.9 Å². The molecular weight excluding hydrogens is 231 g/mol. The van der Waals surface area contributed by atoms with E-state index in [1.807, 2.05) is 6.08 Å². The summed E-state index contributed by atoms with van der Waals surface area (Å²) in [5.74, 6) is -0.257. The number of rotatable bonds is 7. The Morgan fingerprint density at radius 3 is 2.67 bits per heavy atom.